The van der Waals surface area contributed by atoms with Gasteiger partial charge in [0.15, 0.2) is 12.4 Å². The molecule has 152 valence electrons. The van der Waals surface area contributed by atoms with Gasteiger partial charge in [-0.1, -0.05) is 5.16 Å². The Morgan fingerprint density at radius 1 is 1.14 bits per heavy atom. The Hall–Kier alpha value is -2.38. The maximum absolute atomic E-state index is 12.4. The molecule has 4 aliphatic carbocycles. The molecule has 0 atom stereocenters. The summed E-state index contributed by atoms with van der Waals surface area (Å²) >= 11 is 0. The minimum Gasteiger partial charge on any atom is -0.454 e. The first-order valence-corrected chi connectivity index (χ1v) is 10.0. The van der Waals surface area contributed by atoms with E-state index in [2.05, 4.69) is 15.8 Å². The molecule has 4 aliphatic rings. The van der Waals surface area contributed by atoms with Gasteiger partial charge in [0.05, 0.1) is 0 Å². The van der Waals surface area contributed by atoms with Crippen LogP contribution in [-0.4, -0.2) is 36.1 Å². The first-order valence-electron chi connectivity index (χ1n) is 10.0. The third kappa shape index (κ3) is 4.36. The molecule has 2 amide bonds. The summed E-state index contributed by atoms with van der Waals surface area (Å²) in [4.78, 5) is 35.9. The van der Waals surface area contributed by atoms with Crippen LogP contribution in [0, 0.1) is 30.1 Å². The zero-order valence-electron chi connectivity index (χ0n) is 16.2. The zero-order chi connectivity index (χ0) is 19.7. The van der Waals surface area contributed by atoms with Crippen molar-refractivity contribution in [3.63, 3.8) is 0 Å². The molecule has 4 fully saturated rings. The predicted octanol–water partition coefficient (Wildman–Crippen LogP) is 2.19. The molecule has 0 radical (unpaired) electrons. The molecule has 1 heterocycles. The molecule has 8 nitrogen and oxygen atoms in total. The van der Waals surface area contributed by atoms with Crippen LogP contribution < -0.4 is 10.6 Å². The molecule has 0 spiro atoms. The van der Waals surface area contributed by atoms with Gasteiger partial charge in [0.2, 0.25) is 5.91 Å². The number of ether oxygens (including phenoxy) is 1. The summed E-state index contributed by atoms with van der Waals surface area (Å²) in [5, 5.41) is 8.75. The van der Waals surface area contributed by atoms with Crippen molar-refractivity contribution in [2.24, 2.45) is 23.2 Å². The summed E-state index contributed by atoms with van der Waals surface area (Å²) < 4.78 is 9.74. The Morgan fingerprint density at radius 3 is 2.36 bits per heavy atom. The van der Waals surface area contributed by atoms with Gasteiger partial charge in [-0.15, -0.1) is 0 Å². The zero-order valence-corrected chi connectivity index (χ0v) is 16.2. The fraction of sp³-hybridized carbons (Fsp3) is 0.700. The fourth-order valence-electron chi connectivity index (χ4n) is 5.88. The van der Waals surface area contributed by atoms with Gasteiger partial charge in [-0.25, -0.2) is 0 Å². The second-order valence-electron chi connectivity index (χ2n) is 8.90. The standard InChI is InChI=1S/C20H27N3O5/c1-12-2-16(23-28-12)22-18(25)11-27-19(26)10-21-17(24)9-20-6-13-3-14(7-20)5-15(4-13)8-20/h2,13-15H,3-11H2,1H3,(H,21,24)(H,22,23,25). The van der Waals surface area contributed by atoms with Gasteiger partial charge < -0.3 is 19.9 Å². The number of amides is 2. The maximum atomic E-state index is 12.4. The first-order chi connectivity index (χ1) is 13.4. The molecule has 0 aromatic carbocycles. The van der Waals surface area contributed by atoms with E-state index in [0.717, 1.165) is 37.0 Å². The van der Waals surface area contributed by atoms with Crippen molar-refractivity contribution in [3.8, 4) is 0 Å². The number of esters is 1. The van der Waals surface area contributed by atoms with Crippen molar-refractivity contribution in [2.45, 2.75) is 51.9 Å². The number of nitrogens with one attached hydrogen (secondary N) is 2. The number of aryl methyl sites for hydroxylation is 1. The molecule has 0 aliphatic heterocycles. The first kappa shape index (κ1) is 19.0. The highest BCUT2D eigenvalue weighted by Gasteiger charge is 2.51. The molecule has 0 saturated heterocycles. The average molecular weight is 389 g/mol. The Kier molecular flexibility index (Phi) is 5.12. The van der Waals surface area contributed by atoms with Crippen LogP contribution in [-0.2, 0) is 19.1 Å². The summed E-state index contributed by atoms with van der Waals surface area (Å²) in [6, 6.07) is 1.56. The van der Waals surface area contributed by atoms with E-state index in [-0.39, 0.29) is 23.7 Å². The molecule has 5 rings (SSSR count). The SMILES string of the molecule is Cc1cc(NC(=O)COC(=O)CNC(=O)CC23CC4CC(CC(C4)C2)C3)no1. The van der Waals surface area contributed by atoms with Gasteiger partial charge in [-0.3, -0.25) is 14.4 Å². The maximum Gasteiger partial charge on any atom is 0.325 e. The van der Waals surface area contributed by atoms with Crippen molar-refractivity contribution >= 4 is 23.6 Å². The molecule has 8 heteroatoms. The summed E-state index contributed by atoms with van der Waals surface area (Å²) in [5.41, 5.74) is 0.137. The van der Waals surface area contributed by atoms with Crippen LogP contribution in [0.3, 0.4) is 0 Å². The Bertz CT molecular complexity index is 736. The van der Waals surface area contributed by atoms with Crippen LogP contribution in [0.4, 0.5) is 5.82 Å². The van der Waals surface area contributed by atoms with Gasteiger partial charge in [0, 0.05) is 12.5 Å². The number of rotatable bonds is 7. The van der Waals surface area contributed by atoms with E-state index in [0.29, 0.717) is 12.2 Å². The summed E-state index contributed by atoms with van der Waals surface area (Å²) in [6.07, 6.45) is 7.96. The average Bonchev–Trinajstić information content (AvgIpc) is 3.01. The molecule has 1 aromatic heterocycles. The number of carbonyl (C=O) groups is 3. The van der Waals surface area contributed by atoms with Crippen molar-refractivity contribution in [1.82, 2.24) is 10.5 Å². The van der Waals surface area contributed by atoms with Gasteiger partial charge in [0.1, 0.15) is 12.3 Å². The molecular formula is C20H27N3O5. The normalized spacial score (nSPS) is 30.1. The number of hydrogen-bond donors (Lipinski definition) is 2. The smallest absolute Gasteiger partial charge is 0.325 e. The molecule has 28 heavy (non-hydrogen) atoms. The van der Waals surface area contributed by atoms with Crippen molar-refractivity contribution in [2.75, 3.05) is 18.5 Å². The molecule has 4 bridgehead atoms. The second kappa shape index (κ2) is 7.56. The number of carbonyl (C=O) groups excluding carboxylic acids is 3. The third-order valence-corrected chi connectivity index (χ3v) is 6.39. The minimum atomic E-state index is -0.634. The van der Waals surface area contributed by atoms with Crippen LogP contribution in [0.25, 0.3) is 0 Å². The number of nitrogens with zero attached hydrogens (tertiary/aromatic N) is 1. The van der Waals surface area contributed by atoms with E-state index in [9.17, 15) is 14.4 Å². The number of anilines is 1. The highest BCUT2D eigenvalue weighted by molar-refractivity contribution is 5.92. The lowest BCUT2D eigenvalue weighted by Gasteiger charge is -2.56. The molecule has 4 saturated carbocycles. The van der Waals surface area contributed by atoms with Gasteiger partial charge >= 0.3 is 5.97 Å². The monoisotopic (exact) mass is 389 g/mol. The predicted molar refractivity (Wildman–Crippen MR) is 99.1 cm³/mol. The van der Waals surface area contributed by atoms with Gasteiger partial charge in [0.25, 0.3) is 5.91 Å². The van der Waals surface area contributed by atoms with Crippen LogP contribution in [0.15, 0.2) is 10.6 Å². The molecule has 0 unspecified atom stereocenters. The highest BCUT2D eigenvalue weighted by atomic mass is 16.5. The van der Waals surface area contributed by atoms with Crippen LogP contribution in [0.5, 0.6) is 0 Å². The van der Waals surface area contributed by atoms with Crippen LogP contribution in [0.1, 0.15) is 50.7 Å². The lowest BCUT2D eigenvalue weighted by atomic mass is 9.49. The second-order valence-corrected chi connectivity index (χ2v) is 8.90. The van der Waals surface area contributed by atoms with E-state index in [1.54, 1.807) is 13.0 Å². The summed E-state index contributed by atoms with van der Waals surface area (Å²) in [5.74, 6) is 1.95. The lowest BCUT2D eigenvalue weighted by molar-refractivity contribution is -0.147. The van der Waals surface area contributed by atoms with Crippen molar-refractivity contribution < 1.29 is 23.6 Å². The van der Waals surface area contributed by atoms with Crippen molar-refractivity contribution in [3.05, 3.63) is 11.8 Å². The molecule has 1 aromatic rings. The Balaban J connectivity index is 1.17. The minimum absolute atomic E-state index is 0.0959. The summed E-state index contributed by atoms with van der Waals surface area (Å²) in [7, 11) is 0. The highest BCUT2D eigenvalue weighted by Crippen LogP contribution is 2.61. The van der Waals surface area contributed by atoms with E-state index in [1.165, 1.54) is 19.3 Å². The Morgan fingerprint density at radius 2 is 1.79 bits per heavy atom. The Labute approximate surface area is 163 Å². The quantitative estimate of drug-likeness (QED) is 0.692. The van der Waals surface area contributed by atoms with Gasteiger partial charge in [-0.05, 0) is 68.6 Å². The third-order valence-electron chi connectivity index (χ3n) is 6.39. The van der Waals surface area contributed by atoms with Gasteiger partial charge in [-0.2, -0.15) is 0 Å². The molecule has 2 N–H and O–H groups in total. The van der Waals surface area contributed by atoms with Crippen LogP contribution in [0.2, 0.25) is 0 Å². The van der Waals surface area contributed by atoms with E-state index < -0.39 is 18.5 Å². The fourth-order valence-corrected chi connectivity index (χ4v) is 5.88. The van der Waals surface area contributed by atoms with E-state index in [4.69, 9.17) is 9.26 Å². The summed E-state index contributed by atoms with van der Waals surface area (Å²) in [6.45, 7) is 1.05. The number of hydrogen-bond acceptors (Lipinski definition) is 6. The molecular weight excluding hydrogens is 362 g/mol. The van der Waals surface area contributed by atoms with E-state index in [1.807, 2.05) is 0 Å². The van der Waals surface area contributed by atoms with Crippen molar-refractivity contribution in [1.29, 1.82) is 0 Å². The van der Waals surface area contributed by atoms with E-state index >= 15 is 0 Å². The largest absolute Gasteiger partial charge is 0.454 e. The van der Waals surface area contributed by atoms with Crippen LogP contribution >= 0.6 is 0 Å². The topological polar surface area (TPSA) is 111 Å². The number of aromatic nitrogens is 1. The lowest BCUT2D eigenvalue weighted by Crippen LogP contribution is -2.48.